The Morgan fingerprint density at radius 1 is 1.33 bits per heavy atom. The summed E-state index contributed by atoms with van der Waals surface area (Å²) in [5.41, 5.74) is 1.16. The van der Waals surface area contributed by atoms with E-state index in [9.17, 15) is 4.79 Å². The number of hydrogen-bond donors (Lipinski definition) is 0. The zero-order valence-electron chi connectivity index (χ0n) is 14.4. The molecule has 1 saturated carbocycles. The molecule has 9 heteroatoms. The molecule has 1 fully saturated rings. The van der Waals surface area contributed by atoms with E-state index in [1.165, 1.54) is 7.05 Å². The van der Waals surface area contributed by atoms with Crippen LogP contribution in [0.25, 0.3) is 5.82 Å². The fourth-order valence-corrected chi connectivity index (χ4v) is 2.47. The molecule has 0 N–H and O–H groups in total. The van der Waals surface area contributed by atoms with Crippen molar-refractivity contribution in [1.82, 2.24) is 34.8 Å². The van der Waals surface area contributed by atoms with Crippen molar-refractivity contribution in [1.29, 1.82) is 0 Å². The second kappa shape index (κ2) is 5.59. The van der Waals surface area contributed by atoms with Crippen LogP contribution >= 0.6 is 0 Å². The second-order valence-electron chi connectivity index (χ2n) is 5.81. The van der Waals surface area contributed by atoms with Gasteiger partial charge < -0.3 is 4.74 Å². The highest BCUT2D eigenvalue weighted by Gasteiger charge is 2.30. The molecule has 1 aliphatic carbocycles. The minimum atomic E-state index is -0.390. The van der Waals surface area contributed by atoms with Gasteiger partial charge in [0.05, 0.1) is 7.41 Å². The molecule has 2 heterocycles. The maximum absolute atomic E-state index is 12.1. The molecule has 124 valence electrons. The van der Waals surface area contributed by atoms with Crippen molar-refractivity contribution < 1.29 is 6.11 Å². The van der Waals surface area contributed by atoms with E-state index in [4.69, 9.17) is 6.11 Å². The summed E-state index contributed by atoms with van der Waals surface area (Å²) >= 11 is 0. The molecule has 4 rings (SSSR count). The van der Waals surface area contributed by atoms with Crippen molar-refractivity contribution in [2.45, 2.75) is 32.4 Å². The van der Waals surface area contributed by atoms with Gasteiger partial charge in [-0.25, -0.2) is 9.48 Å². The van der Waals surface area contributed by atoms with Crippen LogP contribution in [0.5, 0.6) is 5.75 Å². The summed E-state index contributed by atoms with van der Waals surface area (Å²) in [6.07, 6.45) is 2.05. The lowest BCUT2D eigenvalue weighted by Gasteiger charge is -2.10. The Bertz CT molecular complexity index is 986. The molecule has 0 amide bonds. The van der Waals surface area contributed by atoms with Gasteiger partial charge in [-0.05, 0) is 41.8 Å². The van der Waals surface area contributed by atoms with Crippen molar-refractivity contribution in [3.05, 3.63) is 46.0 Å². The van der Waals surface area contributed by atoms with Gasteiger partial charge in [-0.2, -0.15) is 4.68 Å². The highest BCUT2D eigenvalue weighted by molar-refractivity contribution is 5.33. The zero-order valence-corrected chi connectivity index (χ0v) is 13.4. The van der Waals surface area contributed by atoms with Gasteiger partial charge in [-0.3, -0.25) is 0 Å². The Morgan fingerprint density at radius 3 is 2.83 bits per heavy atom. The molecule has 9 nitrogen and oxygen atoms in total. The third kappa shape index (κ3) is 2.47. The predicted molar refractivity (Wildman–Crippen MR) is 84.0 cm³/mol. The average molecular weight is 329 g/mol. The summed E-state index contributed by atoms with van der Waals surface area (Å²) in [5.74, 6) is 1.01. The summed E-state index contributed by atoms with van der Waals surface area (Å²) < 4.78 is 17.6. The lowest BCUT2D eigenvalue weighted by Crippen LogP contribution is -2.23. The third-order valence-electron chi connectivity index (χ3n) is 3.97. The van der Waals surface area contributed by atoms with Crippen molar-refractivity contribution >= 4 is 0 Å². The first kappa shape index (κ1) is 13.5. The van der Waals surface area contributed by atoms with Crippen molar-refractivity contribution in [3.8, 4) is 11.6 Å². The molecule has 3 aromatic rings. The van der Waals surface area contributed by atoms with E-state index in [0.717, 1.165) is 27.8 Å². The Morgan fingerprint density at radius 2 is 2.17 bits per heavy atom. The zero-order chi connectivity index (χ0) is 17.6. The maximum atomic E-state index is 12.1. The van der Waals surface area contributed by atoms with Crippen LogP contribution in [0.2, 0.25) is 0 Å². The smallest absolute Gasteiger partial charge is 0.369 e. The van der Waals surface area contributed by atoms with Gasteiger partial charge >= 0.3 is 5.69 Å². The third-order valence-corrected chi connectivity index (χ3v) is 3.97. The predicted octanol–water partition coefficient (Wildman–Crippen LogP) is 0.780. The highest BCUT2D eigenvalue weighted by Crippen LogP contribution is 2.36. The number of hydrogen-bond acceptors (Lipinski definition) is 6. The van der Waals surface area contributed by atoms with Crippen molar-refractivity contribution in [2.75, 3.05) is 0 Å². The van der Waals surface area contributed by atoms with Gasteiger partial charge in [-0.15, -0.1) is 9.78 Å². The Kier molecular flexibility index (Phi) is 3.14. The lowest BCUT2D eigenvalue weighted by molar-refractivity contribution is 0.289. The molecule has 0 atom stereocenters. The van der Waals surface area contributed by atoms with Crippen LogP contribution in [0.1, 0.15) is 31.5 Å². The molecule has 2 aromatic heterocycles. The number of aromatic nitrogens is 7. The van der Waals surface area contributed by atoms with Gasteiger partial charge in [0.2, 0.25) is 5.82 Å². The molecular weight excluding hydrogens is 310 g/mol. The summed E-state index contributed by atoms with van der Waals surface area (Å²) in [5, 5.41) is 15.9. The fraction of sp³-hybridized carbons (Fsp3) is 0.400. The van der Waals surface area contributed by atoms with E-state index >= 15 is 0 Å². The number of nitrogens with zero attached hydrogens (tertiary/aromatic N) is 7. The molecule has 1 aliphatic rings. The molecule has 0 radical (unpaired) electrons. The van der Waals surface area contributed by atoms with Crippen molar-refractivity contribution in [2.24, 2.45) is 7.05 Å². The van der Waals surface area contributed by atoms with Gasteiger partial charge in [-0.1, -0.05) is 23.4 Å². The second-order valence-corrected chi connectivity index (χ2v) is 5.81. The molecule has 0 saturated heterocycles. The number of benzene rings is 1. The summed E-state index contributed by atoms with van der Waals surface area (Å²) in [4.78, 5) is 12.1. The quantitative estimate of drug-likeness (QED) is 0.687. The normalized spacial score (nSPS) is 14.7. The Labute approximate surface area is 138 Å². The maximum Gasteiger partial charge on any atom is 0.369 e. The van der Waals surface area contributed by atoms with E-state index in [0.29, 0.717) is 23.3 Å². The average Bonchev–Trinajstić information content (AvgIpc) is 3.27. The first-order valence-electron chi connectivity index (χ1n) is 8.18. The number of para-hydroxylation sites is 1. The fourth-order valence-electron chi connectivity index (χ4n) is 2.47. The van der Waals surface area contributed by atoms with Crippen LogP contribution in [0.15, 0.2) is 29.0 Å². The van der Waals surface area contributed by atoms with E-state index in [2.05, 4.69) is 20.7 Å². The molecular formula is C15H17N7O2. The van der Waals surface area contributed by atoms with Crippen LogP contribution in [0.4, 0.5) is 0 Å². The van der Waals surface area contributed by atoms with Crippen LogP contribution < -0.4 is 10.4 Å². The molecule has 0 spiro atoms. The van der Waals surface area contributed by atoms with E-state index < -0.39 is 0 Å². The first-order chi connectivity index (χ1) is 12.0. The number of ether oxygens (including phenoxy) is 1. The van der Waals surface area contributed by atoms with Crippen LogP contribution in [0, 0.1) is 6.92 Å². The van der Waals surface area contributed by atoms with E-state index in [1.807, 2.05) is 6.92 Å². The molecule has 24 heavy (non-hydrogen) atoms. The Balaban J connectivity index is 1.69. The molecule has 1 aromatic carbocycles. The molecule has 0 bridgehead atoms. The van der Waals surface area contributed by atoms with Gasteiger partial charge in [0.25, 0.3) is 0 Å². The topological polar surface area (TPSA) is 92.7 Å². The number of aryl methyl sites for hydroxylation is 2. The van der Waals surface area contributed by atoms with E-state index in [-0.39, 0.29) is 18.3 Å². The van der Waals surface area contributed by atoms with Gasteiger partial charge in [0.15, 0.2) is 0 Å². The molecule has 0 unspecified atom stereocenters. The Hall–Kier alpha value is -2.97. The van der Waals surface area contributed by atoms with Crippen LogP contribution in [0.3, 0.4) is 0 Å². The summed E-state index contributed by atoms with van der Waals surface area (Å²) in [6, 6.07) is 5.88. The lowest BCUT2D eigenvalue weighted by atomic mass is 10.2. The number of tetrazole rings is 1. The van der Waals surface area contributed by atoms with Crippen LogP contribution in [-0.2, 0) is 13.7 Å². The van der Waals surface area contributed by atoms with Gasteiger partial charge in [0, 0.05) is 7.05 Å². The van der Waals surface area contributed by atoms with Crippen LogP contribution in [-0.4, -0.2) is 34.8 Å². The monoisotopic (exact) mass is 329 g/mol. The molecule has 0 aliphatic heterocycles. The standard InChI is InChI=1S/C15H17N7O2/c1-10-5-3-4-6-13(10)24-9-12-14(16-17-21(12)11-7-8-11)22-15(23)20(2)18-19-22/h3-6,11H,7-9H2,1-2H3/i3T. The largest absolute Gasteiger partial charge is 0.487 e. The minimum absolute atomic E-state index is 0.194. The summed E-state index contributed by atoms with van der Waals surface area (Å²) in [6.45, 7) is 2.08. The van der Waals surface area contributed by atoms with E-state index in [1.54, 1.807) is 22.9 Å². The van der Waals surface area contributed by atoms with Crippen molar-refractivity contribution in [3.63, 3.8) is 0 Å². The SMILES string of the molecule is [3H]c1ccc(OCc2c(-n3nnn(C)c3=O)nnn2C2CC2)c(C)c1. The van der Waals surface area contributed by atoms with Gasteiger partial charge in [0.1, 0.15) is 18.1 Å². The number of rotatable bonds is 5. The first-order valence-corrected chi connectivity index (χ1v) is 7.68. The minimum Gasteiger partial charge on any atom is -0.487 e. The summed E-state index contributed by atoms with van der Waals surface area (Å²) in [7, 11) is 1.53. The highest BCUT2D eigenvalue weighted by atomic mass is 16.5.